The normalized spacial score (nSPS) is 12.2. The highest BCUT2D eigenvalue weighted by Crippen LogP contribution is 2.50. The molecule has 0 aliphatic heterocycles. The smallest absolute Gasteiger partial charge is 0.122 e. The van der Waals surface area contributed by atoms with E-state index in [-0.39, 0.29) is 5.16 Å². The average molecular weight is 329 g/mol. The molecule has 0 aromatic heterocycles. The van der Waals surface area contributed by atoms with Crippen LogP contribution in [0.1, 0.15) is 43.4 Å². The van der Waals surface area contributed by atoms with Crippen molar-refractivity contribution in [3.05, 3.63) is 59.2 Å². The molecule has 0 heterocycles. The van der Waals surface area contributed by atoms with Crippen molar-refractivity contribution in [2.45, 2.75) is 45.3 Å². The summed E-state index contributed by atoms with van der Waals surface area (Å²) in [4.78, 5) is 0. The van der Waals surface area contributed by atoms with Gasteiger partial charge in [0.15, 0.2) is 0 Å². The van der Waals surface area contributed by atoms with Crippen LogP contribution >= 0.6 is 8.58 Å². The summed E-state index contributed by atoms with van der Waals surface area (Å²) < 4.78 is 0. The third kappa shape index (κ3) is 3.76. The van der Waals surface area contributed by atoms with Gasteiger partial charge < -0.3 is 10.4 Å². The lowest BCUT2D eigenvalue weighted by Crippen LogP contribution is -2.24. The van der Waals surface area contributed by atoms with E-state index >= 15 is 0 Å². The van der Waals surface area contributed by atoms with Crippen molar-refractivity contribution >= 4 is 13.9 Å². The zero-order valence-electron chi connectivity index (χ0n) is 14.6. The Balaban J connectivity index is 2.48. The molecule has 0 spiro atoms. The van der Waals surface area contributed by atoms with E-state index in [9.17, 15) is 5.11 Å². The van der Waals surface area contributed by atoms with Crippen LogP contribution in [0.2, 0.25) is 0 Å². The first-order valence-corrected chi connectivity index (χ1v) is 9.37. The number of rotatable bonds is 7. The minimum Gasteiger partial charge on any atom is -0.507 e. The fourth-order valence-electron chi connectivity index (χ4n) is 3.16. The molecule has 2 rings (SSSR count). The molecule has 0 saturated heterocycles. The summed E-state index contributed by atoms with van der Waals surface area (Å²) in [6.07, 6.45) is 2.04. The minimum atomic E-state index is -0.0000515. The van der Waals surface area contributed by atoms with Gasteiger partial charge in [-0.2, -0.15) is 0 Å². The second kappa shape index (κ2) is 7.95. The molecule has 0 fully saturated rings. The molecule has 2 N–H and O–H groups in total. The van der Waals surface area contributed by atoms with Gasteiger partial charge in [-0.1, -0.05) is 64.9 Å². The Hall–Kier alpha value is -1.37. The highest BCUT2D eigenvalue weighted by molar-refractivity contribution is 7.48. The van der Waals surface area contributed by atoms with Crippen LogP contribution in [0.25, 0.3) is 0 Å². The van der Waals surface area contributed by atoms with E-state index < -0.39 is 0 Å². The number of nitrogens with one attached hydrogen (secondary N) is 1. The summed E-state index contributed by atoms with van der Waals surface area (Å²) >= 11 is 0. The number of aryl methyl sites for hydroxylation is 1. The summed E-state index contributed by atoms with van der Waals surface area (Å²) in [5.41, 5.74) is 3.41. The van der Waals surface area contributed by atoms with Crippen LogP contribution in [0.3, 0.4) is 0 Å². The monoisotopic (exact) mass is 329 g/mol. The molecule has 0 aliphatic rings. The number of aromatic hydroxyl groups is 1. The molecule has 1 unspecified atom stereocenters. The van der Waals surface area contributed by atoms with Gasteiger partial charge in [-0.25, -0.2) is 0 Å². The van der Waals surface area contributed by atoms with Crippen molar-refractivity contribution in [3.63, 3.8) is 0 Å². The van der Waals surface area contributed by atoms with Crippen LogP contribution in [0, 0.1) is 6.92 Å². The number of phenols is 1. The van der Waals surface area contributed by atoms with Crippen molar-refractivity contribution in [1.82, 2.24) is 5.32 Å². The van der Waals surface area contributed by atoms with E-state index in [1.807, 2.05) is 20.0 Å². The van der Waals surface area contributed by atoms with Crippen molar-refractivity contribution in [2.24, 2.45) is 0 Å². The van der Waals surface area contributed by atoms with Crippen LogP contribution in [0.15, 0.2) is 42.5 Å². The molecule has 2 aromatic carbocycles. The molecular weight excluding hydrogens is 301 g/mol. The van der Waals surface area contributed by atoms with Crippen LogP contribution in [-0.4, -0.2) is 12.2 Å². The Morgan fingerprint density at radius 3 is 2.39 bits per heavy atom. The van der Waals surface area contributed by atoms with Gasteiger partial charge in [-0.3, -0.25) is 0 Å². The molecule has 0 aliphatic carbocycles. The van der Waals surface area contributed by atoms with Gasteiger partial charge in [-0.05, 0) is 43.2 Å². The van der Waals surface area contributed by atoms with E-state index in [0.717, 1.165) is 30.5 Å². The Kier molecular flexibility index (Phi) is 6.21. The summed E-state index contributed by atoms with van der Waals surface area (Å²) in [6, 6.07) is 14.8. The Morgan fingerprint density at radius 2 is 1.74 bits per heavy atom. The SMILES string of the molecule is CCC(CC)(Pc1ccccc1CNC)c1cccc(C)c1O. The highest BCUT2D eigenvalue weighted by Gasteiger charge is 2.32. The molecule has 124 valence electrons. The lowest BCUT2D eigenvalue weighted by molar-refractivity contribution is 0.444. The highest BCUT2D eigenvalue weighted by atomic mass is 31.1. The first kappa shape index (κ1) is 18.0. The molecule has 0 bridgehead atoms. The standard InChI is InChI=1S/C20H28NOP/c1-5-20(6-2,17-12-9-10-15(3)19(17)22)23-18-13-8-7-11-16(18)14-21-4/h7-13,21-23H,5-6,14H2,1-4H3. The zero-order chi connectivity index (χ0) is 16.9. The van der Waals surface area contributed by atoms with E-state index in [1.165, 1.54) is 10.9 Å². The number of para-hydroxylation sites is 1. The molecule has 1 atom stereocenters. The van der Waals surface area contributed by atoms with E-state index in [4.69, 9.17) is 0 Å². The van der Waals surface area contributed by atoms with Gasteiger partial charge in [0.25, 0.3) is 0 Å². The molecule has 2 aromatic rings. The van der Waals surface area contributed by atoms with Crippen molar-refractivity contribution in [3.8, 4) is 5.75 Å². The van der Waals surface area contributed by atoms with Gasteiger partial charge in [0.05, 0.1) is 0 Å². The minimum absolute atomic E-state index is 0.0000515. The van der Waals surface area contributed by atoms with E-state index in [2.05, 4.69) is 55.6 Å². The predicted molar refractivity (Wildman–Crippen MR) is 102 cm³/mol. The first-order valence-electron chi connectivity index (χ1n) is 8.37. The molecule has 3 heteroatoms. The number of hydrogen-bond donors (Lipinski definition) is 2. The second-order valence-electron chi connectivity index (χ2n) is 6.07. The summed E-state index contributed by atoms with van der Waals surface area (Å²) in [7, 11) is 2.63. The maximum atomic E-state index is 10.6. The fraction of sp³-hybridized carbons (Fsp3) is 0.400. The van der Waals surface area contributed by atoms with Crippen molar-refractivity contribution in [1.29, 1.82) is 0 Å². The number of phenolic OH excluding ortho intramolecular Hbond substituents is 1. The Morgan fingerprint density at radius 1 is 1.04 bits per heavy atom. The van der Waals surface area contributed by atoms with Crippen LogP contribution in [-0.2, 0) is 11.7 Å². The molecule has 0 saturated carbocycles. The van der Waals surface area contributed by atoms with Crippen LogP contribution in [0.5, 0.6) is 5.75 Å². The van der Waals surface area contributed by atoms with Gasteiger partial charge in [0.2, 0.25) is 0 Å². The first-order chi connectivity index (χ1) is 11.1. The van der Waals surface area contributed by atoms with Crippen molar-refractivity contribution in [2.75, 3.05) is 7.05 Å². The Labute approximate surface area is 142 Å². The summed E-state index contributed by atoms with van der Waals surface area (Å²) in [5, 5.41) is 15.3. The molecular formula is C20H28NOP. The lowest BCUT2D eigenvalue weighted by Gasteiger charge is -2.34. The molecule has 0 amide bonds. The maximum Gasteiger partial charge on any atom is 0.122 e. The maximum absolute atomic E-state index is 10.6. The fourth-order valence-corrected chi connectivity index (χ4v) is 4.88. The predicted octanol–water partition coefficient (Wildman–Crippen LogP) is 4.44. The lowest BCUT2D eigenvalue weighted by atomic mass is 9.90. The quantitative estimate of drug-likeness (QED) is 0.736. The topological polar surface area (TPSA) is 32.3 Å². The average Bonchev–Trinajstić information content (AvgIpc) is 2.57. The largest absolute Gasteiger partial charge is 0.507 e. The van der Waals surface area contributed by atoms with Crippen LogP contribution in [0.4, 0.5) is 0 Å². The van der Waals surface area contributed by atoms with E-state index in [0.29, 0.717) is 14.3 Å². The van der Waals surface area contributed by atoms with Gasteiger partial charge >= 0.3 is 0 Å². The molecule has 23 heavy (non-hydrogen) atoms. The Bertz CT molecular complexity index is 650. The molecule has 2 nitrogen and oxygen atoms in total. The van der Waals surface area contributed by atoms with Crippen molar-refractivity contribution < 1.29 is 5.11 Å². The zero-order valence-corrected chi connectivity index (χ0v) is 15.6. The van der Waals surface area contributed by atoms with Gasteiger partial charge in [0.1, 0.15) is 5.75 Å². The van der Waals surface area contributed by atoms with Gasteiger partial charge in [0, 0.05) is 17.3 Å². The summed E-state index contributed by atoms with van der Waals surface area (Å²) in [6.45, 7) is 7.33. The third-order valence-corrected chi connectivity index (χ3v) is 6.93. The number of hydrogen-bond acceptors (Lipinski definition) is 2. The second-order valence-corrected chi connectivity index (χ2v) is 7.82. The van der Waals surface area contributed by atoms with Crippen LogP contribution < -0.4 is 10.6 Å². The van der Waals surface area contributed by atoms with E-state index in [1.54, 1.807) is 0 Å². The molecule has 0 radical (unpaired) electrons. The van der Waals surface area contributed by atoms with Gasteiger partial charge in [-0.15, -0.1) is 0 Å². The third-order valence-electron chi connectivity index (χ3n) is 4.72. The summed E-state index contributed by atoms with van der Waals surface area (Å²) in [5.74, 6) is 0.467. The number of benzene rings is 2.